The Morgan fingerprint density at radius 3 is 2.43 bits per heavy atom. The van der Waals surface area contributed by atoms with E-state index in [1.165, 1.54) is 25.9 Å². The van der Waals surface area contributed by atoms with Crippen LogP contribution in [0.25, 0.3) is 0 Å². The molecule has 1 unspecified atom stereocenters. The number of hydrogen-bond acceptors (Lipinski definition) is 3. The maximum atomic E-state index is 12.3. The van der Waals surface area contributed by atoms with Gasteiger partial charge in [0, 0.05) is 26.2 Å². The Morgan fingerprint density at radius 1 is 1.33 bits per heavy atom. The first kappa shape index (κ1) is 23.2. The number of amides is 1. The van der Waals surface area contributed by atoms with Gasteiger partial charge in [-0.2, -0.15) is 0 Å². The van der Waals surface area contributed by atoms with Crippen molar-refractivity contribution in [2.75, 3.05) is 32.7 Å². The van der Waals surface area contributed by atoms with E-state index >= 15 is 0 Å². The number of likely N-dealkylation sites (tertiary alicyclic amines) is 1. The molecular weight excluding hydrogens is 309 g/mol. The Hall–Kier alpha value is -0.0300. The van der Waals surface area contributed by atoms with Crippen molar-refractivity contribution in [2.24, 2.45) is 17.1 Å². The van der Waals surface area contributed by atoms with Gasteiger partial charge in [-0.25, -0.2) is 0 Å². The van der Waals surface area contributed by atoms with Gasteiger partial charge in [0.15, 0.2) is 0 Å². The van der Waals surface area contributed by atoms with Crippen molar-refractivity contribution >= 4 is 30.7 Å². The van der Waals surface area contributed by atoms with Crippen LogP contribution >= 0.6 is 24.8 Å². The number of nitrogens with one attached hydrogen (secondary N) is 1. The van der Waals surface area contributed by atoms with Crippen LogP contribution in [0.5, 0.6) is 0 Å². The fourth-order valence-corrected chi connectivity index (χ4v) is 2.96. The third-order valence-corrected chi connectivity index (χ3v) is 4.68. The van der Waals surface area contributed by atoms with Crippen LogP contribution < -0.4 is 11.1 Å². The summed E-state index contributed by atoms with van der Waals surface area (Å²) in [4.78, 5) is 14.7. The second kappa shape index (κ2) is 11.5. The third-order valence-electron chi connectivity index (χ3n) is 4.68. The molecule has 6 heteroatoms. The van der Waals surface area contributed by atoms with Crippen LogP contribution in [0.1, 0.15) is 46.5 Å². The first-order valence-electron chi connectivity index (χ1n) is 7.78. The molecule has 1 aliphatic heterocycles. The highest BCUT2D eigenvalue weighted by Gasteiger charge is 2.32. The van der Waals surface area contributed by atoms with Gasteiger partial charge < -0.3 is 16.0 Å². The van der Waals surface area contributed by atoms with Crippen molar-refractivity contribution in [3.63, 3.8) is 0 Å². The molecule has 0 aromatic rings. The standard InChI is InChI=1S/C15H31N3O.2ClH/c1-4-15(5-2,12-16)14(19)17-8-10-18-9-6-7-13(3)11-18;;/h13H,4-12,16H2,1-3H3,(H,17,19);2*1H. The van der Waals surface area contributed by atoms with Crippen LogP contribution in [0.2, 0.25) is 0 Å². The average molecular weight is 342 g/mol. The summed E-state index contributed by atoms with van der Waals surface area (Å²) < 4.78 is 0. The van der Waals surface area contributed by atoms with Crippen molar-refractivity contribution in [2.45, 2.75) is 46.5 Å². The van der Waals surface area contributed by atoms with E-state index in [0.29, 0.717) is 6.54 Å². The van der Waals surface area contributed by atoms with E-state index in [0.717, 1.165) is 31.8 Å². The van der Waals surface area contributed by atoms with Crippen molar-refractivity contribution < 1.29 is 4.79 Å². The summed E-state index contributed by atoms with van der Waals surface area (Å²) in [7, 11) is 0. The predicted octanol–water partition coefficient (Wildman–Crippen LogP) is 2.44. The molecule has 1 fully saturated rings. The molecule has 1 aliphatic rings. The molecule has 0 bridgehead atoms. The lowest BCUT2D eigenvalue weighted by atomic mass is 9.81. The largest absolute Gasteiger partial charge is 0.354 e. The van der Waals surface area contributed by atoms with Crippen molar-refractivity contribution in [3.8, 4) is 0 Å². The minimum Gasteiger partial charge on any atom is -0.354 e. The Labute approximate surface area is 142 Å². The second-order valence-corrected chi connectivity index (χ2v) is 6.00. The maximum absolute atomic E-state index is 12.3. The van der Waals surface area contributed by atoms with Crippen LogP contribution in [-0.2, 0) is 4.79 Å². The van der Waals surface area contributed by atoms with E-state index in [2.05, 4.69) is 17.1 Å². The van der Waals surface area contributed by atoms with Gasteiger partial charge in [-0.1, -0.05) is 20.8 Å². The fourth-order valence-electron chi connectivity index (χ4n) is 2.96. The van der Waals surface area contributed by atoms with Gasteiger partial charge in [0.1, 0.15) is 0 Å². The summed E-state index contributed by atoms with van der Waals surface area (Å²) >= 11 is 0. The van der Waals surface area contributed by atoms with Crippen LogP contribution in [0.3, 0.4) is 0 Å². The topological polar surface area (TPSA) is 58.4 Å². The van der Waals surface area contributed by atoms with Crippen molar-refractivity contribution in [1.29, 1.82) is 0 Å². The molecule has 1 rings (SSSR count). The summed E-state index contributed by atoms with van der Waals surface area (Å²) in [6, 6.07) is 0. The zero-order chi connectivity index (χ0) is 14.3. The average Bonchev–Trinajstić information content (AvgIpc) is 2.41. The molecule has 21 heavy (non-hydrogen) atoms. The highest BCUT2D eigenvalue weighted by Crippen LogP contribution is 2.24. The molecule has 0 saturated carbocycles. The summed E-state index contributed by atoms with van der Waals surface area (Å²) in [6.45, 7) is 10.9. The van der Waals surface area contributed by atoms with E-state index in [9.17, 15) is 4.79 Å². The number of carbonyl (C=O) groups is 1. The maximum Gasteiger partial charge on any atom is 0.227 e. The Bertz CT molecular complexity index is 278. The molecule has 0 aliphatic carbocycles. The van der Waals surface area contributed by atoms with E-state index in [1.54, 1.807) is 0 Å². The molecule has 0 radical (unpaired) electrons. The lowest BCUT2D eigenvalue weighted by Crippen LogP contribution is -2.48. The Morgan fingerprint density at radius 2 is 1.95 bits per heavy atom. The SMILES string of the molecule is CCC(CC)(CN)C(=O)NCCN1CCCC(C)C1.Cl.Cl. The van der Waals surface area contributed by atoms with Crippen LogP contribution in [0.4, 0.5) is 0 Å². The molecule has 1 heterocycles. The molecule has 3 N–H and O–H groups in total. The Balaban J connectivity index is 0. The summed E-state index contributed by atoms with van der Waals surface area (Å²) in [5, 5.41) is 3.08. The van der Waals surface area contributed by atoms with Crippen LogP contribution in [0.15, 0.2) is 0 Å². The van der Waals surface area contributed by atoms with E-state index in [-0.39, 0.29) is 36.1 Å². The number of nitrogens with two attached hydrogens (primary N) is 1. The highest BCUT2D eigenvalue weighted by molar-refractivity contribution is 5.85. The molecular formula is C15H33Cl2N3O. The number of nitrogens with zero attached hydrogens (tertiary/aromatic N) is 1. The van der Waals surface area contributed by atoms with Crippen molar-refractivity contribution in [1.82, 2.24) is 10.2 Å². The van der Waals surface area contributed by atoms with Gasteiger partial charge >= 0.3 is 0 Å². The summed E-state index contributed by atoms with van der Waals surface area (Å²) in [5.41, 5.74) is 5.43. The van der Waals surface area contributed by atoms with Crippen molar-refractivity contribution in [3.05, 3.63) is 0 Å². The zero-order valence-corrected chi connectivity index (χ0v) is 15.3. The molecule has 0 aromatic carbocycles. The van der Waals surface area contributed by atoms with Crippen LogP contribution in [0, 0.1) is 11.3 Å². The Kier molecular flexibility index (Phi) is 12.8. The monoisotopic (exact) mass is 341 g/mol. The first-order valence-corrected chi connectivity index (χ1v) is 7.78. The number of hydrogen-bond donors (Lipinski definition) is 2. The van der Waals surface area contributed by atoms with E-state index in [1.807, 2.05) is 13.8 Å². The van der Waals surface area contributed by atoms with E-state index in [4.69, 9.17) is 5.73 Å². The van der Waals surface area contributed by atoms with Gasteiger partial charge in [0.05, 0.1) is 5.41 Å². The smallest absolute Gasteiger partial charge is 0.227 e. The molecule has 1 saturated heterocycles. The molecule has 0 aromatic heterocycles. The number of halogens is 2. The summed E-state index contributed by atoms with van der Waals surface area (Å²) in [5.74, 6) is 0.920. The van der Waals surface area contributed by atoms with Gasteiger partial charge in [0.2, 0.25) is 5.91 Å². The van der Waals surface area contributed by atoms with Gasteiger partial charge in [-0.3, -0.25) is 4.79 Å². The second-order valence-electron chi connectivity index (χ2n) is 6.00. The zero-order valence-electron chi connectivity index (χ0n) is 13.7. The molecule has 1 atom stereocenters. The predicted molar refractivity (Wildman–Crippen MR) is 94.4 cm³/mol. The lowest BCUT2D eigenvalue weighted by Gasteiger charge is -2.32. The van der Waals surface area contributed by atoms with Gasteiger partial charge in [0.25, 0.3) is 0 Å². The van der Waals surface area contributed by atoms with Crippen LogP contribution in [-0.4, -0.2) is 43.5 Å². The number of piperidine rings is 1. The highest BCUT2D eigenvalue weighted by atomic mass is 35.5. The van der Waals surface area contributed by atoms with Gasteiger partial charge in [-0.05, 0) is 38.1 Å². The summed E-state index contributed by atoms with van der Waals surface area (Å²) in [6.07, 6.45) is 4.25. The first-order chi connectivity index (χ1) is 9.07. The fraction of sp³-hybridized carbons (Fsp3) is 0.933. The molecule has 4 nitrogen and oxygen atoms in total. The number of carbonyl (C=O) groups excluding carboxylic acids is 1. The minimum absolute atomic E-state index is 0. The molecule has 128 valence electrons. The molecule has 1 amide bonds. The lowest BCUT2D eigenvalue weighted by molar-refractivity contribution is -0.131. The molecule has 0 spiro atoms. The minimum atomic E-state index is -0.366. The third kappa shape index (κ3) is 6.72. The van der Waals surface area contributed by atoms with E-state index < -0.39 is 0 Å². The number of rotatable bonds is 7. The quantitative estimate of drug-likeness (QED) is 0.747. The normalized spacial score (nSPS) is 19.3. The van der Waals surface area contributed by atoms with Gasteiger partial charge in [-0.15, -0.1) is 24.8 Å².